The lowest BCUT2D eigenvalue weighted by molar-refractivity contribution is 0.511. The molecule has 1 heterocycles. The Kier molecular flexibility index (Phi) is 5.16. The monoisotopic (exact) mass is 325 g/mol. The normalized spacial score (nSPS) is 12.6. The lowest BCUT2D eigenvalue weighted by Crippen LogP contribution is -2.23. The molecule has 0 amide bonds. The van der Waals surface area contributed by atoms with Gasteiger partial charge in [0.05, 0.1) is 17.0 Å². The van der Waals surface area contributed by atoms with E-state index in [0.717, 1.165) is 30.5 Å². The molecule has 2 aromatic rings. The van der Waals surface area contributed by atoms with Crippen molar-refractivity contribution in [3.8, 4) is 0 Å². The van der Waals surface area contributed by atoms with Gasteiger partial charge in [0, 0.05) is 11.6 Å². The summed E-state index contributed by atoms with van der Waals surface area (Å²) < 4.78 is 18.9. The third kappa shape index (κ3) is 3.91. The summed E-state index contributed by atoms with van der Waals surface area (Å²) in [6.07, 6.45) is 5.31. The van der Waals surface area contributed by atoms with Gasteiger partial charge in [-0.1, -0.05) is 13.0 Å². The summed E-state index contributed by atoms with van der Waals surface area (Å²) in [5.41, 5.74) is 2.21. The Morgan fingerprint density at radius 2 is 2.21 bits per heavy atom. The number of hydrogen-bond acceptors (Lipinski definition) is 2. The number of nitrogens with one attached hydrogen (secondary N) is 1. The van der Waals surface area contributed by atoms with E-state index < -0.39 is 0 Å². The second-order valence-corrected chi connectivity index (χ2v) is 5.37. The standard InChI is InChI=1S/C15H17BrFNO/c1-2-6-18-15(12-5-7-19-10-12)9-11-3-4-14(17)13(16)8-11/h3-5,7-8,10,15,18H,2,6,9H2,1H3. The summed E-state index contributed by atoms with van der Waals surface area (Å²) in [6, 6.07) is 7.30. The fourth-order valence-electron chi connectivity index (χ4n) is 2.00. The van der Waals surface area contributed by atoms with Gasteiger partial charge in [-0.3, -0.25) is 0 Å². The molecule has 0 saturated heterocycles. The molecule has 0 aliphatic rings. The largest absolute Gasteiger partial charge is 0.472 e. The summed E-state index contributed by atoms with van der Waals surface area (Å²) in [4.78, 5) is 0. The van der Waals surface area contributed by atoms with Crippen LogP contribution in [0, 0.1) is 5.82 Å². The maximum Gasteiger partial charge on any atom is 0.137 e. The molecule has 0 aliphatic carbocycles. The zero-order valence-electron chi connectivity index (χ0n) is 10.8. The Labute approximate surface area is 121 Å². The summed E-state index contributed by atoms with van der Waals surface area (Å²) in [5, 5.41) is 3.49. The van der Waals surface area contributed by atoms with Gasteiger partial charge in [-0.15, -0.1) is 0 Å². The molecule has 0 bridgehead atoms. The molecule has 0 aliphatic heterocycles. The molecule has 0 radical (unpaired) electrons. The van der Waals surface area contributed by atoms with Gasteiger partial charge < -0.3 is 9.73 Å². The van der Waals surface area contributed by atoms with Crippen molar-refractivity contribution >= 4 is 15.9 Å². The summed E-state index contributed by atoms with van der Waals surface area (Å²) in [7, 11) is 0. The molecular weight excluding hydrogens is 309 g/mol. The molecule has 0 spiro atoms. The number of rotatable bonds is 6. The molecular formula is C15H17BrFNO. The van der Waals surface area contributed by atoms with Gasteiger partial charge in [-0.2, -0.15) is 0 Å². The minimum atomic E-state index is -0.231. The van der Waals surface area contributed by atoms with Crippen LogP contribution in [0.25, 0.3) is 0 Å². The van der Waals surface area contributed by atoms with E-state index in [-0.39, 0.29) is 11.9 Å². The summed E-state index contributed by atoms with van der Waals surface area (Å²) in [6.45, 7) is 3.08. The first-order valence-corrected chi connectivity index (χ1v) is 7.19. The smallest absolute Gasteiger partial charge is 0.137 e. The predicted molar refractivity (Wildman–Crippen MR) is 77.5 cm³/mol. The molecule has 2 nitrogen and oxygen atoms in total. The van der Waals surface area contributed by atoms with Crippen molar-refractivity contribution in [2.45, 2.75) is 25.8 Å². The van der Waals surface area contributed by atoms with Gasteiger partial charge >= 0.3 is 0 Å². The molecule has 1 unspecified atom stereocenters. The van der Waals surface area contributed by atoms with E-state index in [0.29, 0.717) is 4.47 Å². The maximum absolute atomic E-state index is 13.2. The van der Waals surface area contributed by atoms with E-state index in [1.165, 1.54) is 6.07 Å². The van der Waals surface area contributed by atoms with Crippen LogP contribution in [0.2, 0.25) is 0 Å². The van der Waals surface area contributed by atoms with E-state index in [4.69, 9.17) is 4.42 Å². The molecule has 1 atom stereocenters. The van der Waals surface area contributed by atoms with Crippen LogP contribution < -0.4 is 5.32 Å². The van der Waals surface area contributed by atoms with Crippen LogP contribution in [0.1, 0.15) is 30.5 Å². The van der Waals surface area contributed by atoms with Gasteiger partial charge in [0.15, 0.2) is 0 Å². The molecule has 0 saturated carbocycles. The SMILES string of the molecule is CCCNC(Cc1ccc(F)c(Br)c1)c1ccoc1. The molecule has 2 rings (SSSR count). The average Bonchev–Trinajstić information content (AvgIpc) is 2.92. The first kappa shape index (κ1) is 14.3. The Balaban J connectivity index is 2.13. The Hall–Kier alpha value is -1.13. The van der Waals surface area contributed by atoms with E-state index in [1.807, 2.05) is 18.2 Å². The highest BCUT2D eigenvalue weighted by Gasteiger charge is 2.13. The van der Waals surface area contributed by atoms with Gasteiger partial charge in [0.2, 0.25) is 0 Å². The third-order valence-electron chi connectivity index (χ3n) is 3.01. The molecule has 0 fully saturated rings. The Morgan fingerprint density at radius 3 is 2.84 bits per heavy atom. The van der Waals surface area contributed by atoms with Crippen LogP contribution in [0.15, 0.2) is 45.7 Å². The second kappa shape index (κ2) is 6.87. The number of benzene rings is 1. The molecule has 4 heteroatoms. The molecule has 1 aromatic carbocycles. The Morgan fingerprint density at radius 1 is 1.37 bits per heavy atom. The van der Waals surface area contributed by atoms with Gasteiger partial charge in [0.25, 0.3) is 0 Å². The molecule has 19 heavy (non-hydrogen) atoms. The van der Waals surface area contributed by atoms with Gasteiger partial charge in [-0.25, -0.2) is 4.39 Å². The van der Waals surface area contributed by atoms with Gasteiger partial charge in [-0.05, 0) is 59.1 Å². The van der Waals surface area contributed by atoms with Crippen molar-refractivity contribution in [3.05, 3.63) is 58.2 Å². The minimum Gasteiger partial charge on any atom is -0.472 e. The Bertz CT molecular complexity index is 513. The van der Waals surface area contributed by atoms with Crippen molar-refractivity contribution in [2.24, 2.45) is 0 Å². The van der Waals surface area contributed by atoms with Crippen LogP contribution in [0.3, 0.4) is 0 Å². The van der Waals surface area contributed by atoms with Crippen LogP contribution in [0.5, 0.6) is 0 Å². The van der Waals surface area contributed by atoms with E-state index >= 15 is 0 Å². The van der Waals surface area contributed by atoms with Crippen molar-refractivity contribution in [1.82, 2.24) is 5.32 Å². The minimum absolute atomic E-state index is 0.191. The van der Waals surface area contributed by atoms with Crippen molar-refractivity contribution in [3.63, 3.8) is 0 Å². The maximum atomic E-state index is 13.2. The van der Waals surface area contributed by atoms with E-state index in [1.54, 1.807) is 12.5 Å². The highest BCUT2D eigenvalue weighted by Crippen LogP contribution is 2.22. The van der Waals surface area contributed by atoms with Crippen molar-refractivity contribution in [2.75, 3.05) is 6.54 Å². The van der Waals surface area contributed by atoms with Crippen LogP contribution in [-0.2, 0) is 6.42 Å². The summed E-state index contributed by atoms with van der Waals surface area (Å²) >= 11 is 3.22. The number of furan rings is 1. The fourth-order valence-corrected chi connectivity index (χ4v) is 2.43. The molecule has 102 valence electrons. The zero-order chi connectivity index (χ0) is 13.7. The highest BCUT2D eigenvalue weighted by molar-refractivity contribution is 9.10. The van der Waals surface area contributed by atoms with E-state index in [2.05, 4.69) is 28.2 Å². The highest BCUT2D eigenvalue weighted by atomic mass is 79.9. The second-order valence-electron chi connectivity index (χ2n) is 4.52. The lowest BCUT2D eigenvalue weighted by Gasteiger charge is -2.17. The number of hydrogen-bond donors (Lipinski definition) is 1. The van der Waals surface area contributed by atoms with Gasteiger partial charge in [0.1, 0.15) is 5.82 Å². The first-order chi connectivity index (χ1) is 9.20. The first-order valence-electron chi connectivity index (χ1n) is 6.40. The third-order valence-corrected chi connectivity index (χ3v) is 3.62. The molecule has 1 N–H and O–H groups in total. The summed E-state index contributed by atoms with van der Waals surface area (Å²) in [5.74, 6) is -0.231. The van der Waals surface area contributed by atoms with Crippen molar-refractivity contribution < 1.29 is 8.81 Å². The average molecular weight is 326 g/mol. The quantitative estimate of drug-likeness (QED) is 0.847. The van der Waals surface area contributed by atoms with Crippen LogP contribution in [0.4, 0.5) is 4.39 Å². The van der Waals surface area contributed by atoms with E-state index in [9.17, 15) is 4.39 Å². The van der Waals surface area contributed by atoms with Crippen molar-refractivity contribution in [1.29, 1.82) is 0 Å². The lowest BCUT2D eigenvalue weighted by atomic mass is 10.0. The molecule has 1 aromatic heterocycles. The van der Waals surface area contributed by atoms with Crippen LogP contribution >= 0.6 is 15.9 Å². The van der Waals surface area contributed by atoms with Crippen LogP contribution in [-0.4, -0.2) is 6.54 Å². The number of halogens is 2. The topological polar surface area (TPSA) is 25.2 Å². The zero-order valence-corrected chi connectivity index (χ0v) is 12.4. The predicted octanol–water partition coefficient (Wildman–Crippen LogP) is 4.46. The fraction of sp³-hybridized carbons (Fsp3) is 0.333.